The van der Waals surface area contributed by atoms with Crippen molar-refractivity contribution in [3.05, 3.63) is 47.2 Å². The molecule has 6 N–H and O–H groups in total. The number of rotatable bonds is 4. The van der Waals surface area contributed by atoms with Gasteiger partial charge in [-0.05, 0) is 30.5 Å². The monoisotopic (exact) mass is 446 g/mol. The predicted molar refractivity (Wildman–Crippen MR) is 108 cm³/mol. The van der Waals surface area contributed by atoms with Gasteiger partial charge in [0.1, 0.15) is 0 Å². The Hall–Kier alpha value is -2.38. The number of hydrogen-bond acceptors (Lipinski definition) is 7. The molecule has 156 valence electrons. The number of nitrogens with zero attached hydrogens (tertiary/aromatic N) is 1. The Labute approximate surface area is 194 Å². The fourth-order valence-corrected chi connectivity index (χ4v) is 4.21. The van der Waals surface area contributed by atoms with E-state index < -0.39 is 39.4 Å². The number of benzene rings is 1. The van der Waals surface area contributed by atoms with Gasteiger partial charge in [-0.3, -0.25) is 14.1 Å². The van der Waals surface area contributed by atoms with Crippen LogP contribution in [0.1, 0.15) is 22.3 Å². The number of allylic oxidation sites excluding steroid dienone is 1. The van der Waals surface area contributed by atoms with Gasteiger partial charge in [-0.25, -0.2) is 4.79 Å². The molecule has 0 bridgehead atoms. The van der Waals surface area contributed by atoms with Crippen LogP contribution in [0.5, 0.6) is 5.75 Å². The fraction of sp³-hybridized carbons (Fsp3) is 0.235. The summed E-state index contributed by atoms with van der Waals surface area (Å²) in [5.41, 5.74) is 11.0. The van der Waals surface area contributed by atoms with E-state index in [-0.39, 0.29) is 53.0 Å². The van der Waals surface area contributed by atoms with Gasteiger partial charge >= 0.3 is 35.7 Å². The zero-order chi connectivity index (χ0) is 21.5. The molecule has 0 radical (unpaired) electrons. The van der Waals surface area contributed by atoms with Crippen molar-refractivity contribution >= 4 is 63.3 Å². The number of hydrogen-bond donors (Lipinski definition) is 4. The maximum atomic E-state index is 13.1. The van der Waals surface area contributed by atoms with Crippen molar-refractivity contribution in [2.75, 3.05) is 5.32 Å². The molecule has 0 saturated heterocycles. The van der Waals surface area contributed by atoms with Crippen LogP contribution >= 0.6 is 0 Å². The number of amides is 3. The first-order valence-corrected chi connectivity index (χ1v) is 9.84. The zero-order valence-corrected chi connectivity index (χ0v) is 16.0. The van der Waals surface area contributed by atoms with Crippen molar-refractivity contribution in [1.29, 1.82) is 0 Å². The minimum absolute atomic E-state index is 0. The average Bonchev–Trinajstić information content (AvgIpc) is 2.97. The standard InChI is InChI=1S/C17H18N4O7S.Na.H/c1-8-2-4-10-13(14(8)28-17(19)24)20-15(29(25,26)27)11-6-9(3-5-12(18)22)7-21(11)16(10)23;;/h2-5,7,11,15,20H,6H2,1H3,(H2,18,22)(H2,19,24)(H,25,26,27);;/b5-3+;;. The molecular weight excluding hydrogens is 427 g/mol. The molecule has 3 rings (SSSR count). The predicted octanol–water partition coefficient (Wildman–Crippen LogP) is -0.417. The second kappa shape index (κ2) is 8.78. The van der Waals surface area contributed by atoms with E-state index in [0.717, 1.165) is 11.0 Å². The van der Waals surface area contributed by atoms with Crippen molar-refractivity contribution < 1.29 is 32.1 Å². The number of anilines is 1. The zero-order valence-electron chi connectivity index (χ0n) is 15.2. The van der Waals surface area contributed by atoms with Crippen LogP contribution in [0.25, 0.3) is 0 Å². The molecule has 30 heavy (non-hydrogen) atoms. The van der Waals surface area contributed by atoms with Crippen LogP contribution < -0.4 is 21.5 Å². The van der Waals surface area contributed by atoms with Crippen LogP contribution in [0.15, 0.2) is 36.1 Å². The van der Waals surface area contributed by atoms with Crippen molar-refractivity contribution in [2.45, 2.75) is 24.8 Å². The van der Waals surface area contributed by atoms with Gasteiger partial charge in [0.05, 0.1) is 17.3 Å². The van der Waals surface area contributed by atoms with Crippen LogP contribution in [-0.2, 0) is 14.9 Å². The molecule has 3 amide bonds. The summed E-state index contributed by atoms with van der Waals surface area (Å²) in [5, 5.41) is 0.981. The molecule has 13 heteroatoms. The molecule has 11 nitrogen and oxygen atoms in total. The molecule has 0 fully saturated rings. The number of aryl methyl sites for hydroxylation is 1. The van der Waals surface area contributed by atoms with Gasteiger partial charge in [-0.2, -0.15) is 8.42 Å². The topological polar surface area (TPSA) is 182 Å². The fourth-order valence-electron chi connectivity index (χ4n) is 3.32. The van der Waals surface area contributed by atoms with E-state index in [1.807, 2.05) is 0 Å². The van der Waals surface area contributed by atoms with Gasteiger partial charge in [0, 0.05) is 12.3 Å². The van der Waals surface area contributed by atoms with E-state index in [0.29, 0.717) is 11.1 Å². The van der Waals surface area contributed by atoms with E-state index in [2.05, 4.69) is 5.32 Å². The molecule has 2 aliphatic rings. The van der Waals surface area contributed by atoms with Crippen molar-refractivity contribution in [2.24, 2.45) is 11.5 Å². The normalized spacial score (nSPS) is 20.4. The first-order chi connectivity index (χ1) is 13.5. The first kappa shape index (κ1) is 23.9. The SMILES string of the molecule is Cc1ccc2c(c1OC(N)=O)NC(S(=O)(=O)O)C1CC(/C=C/C(N)=O)=CN1C2=O.[NaH]. The molecule has 0 saturated carbocycles. The average molecular weight is 446 g/mol. The molecule has 0 aliphatic carbocycles. The Morgan fingerprint density at radius 3 is 2.57 bits per heavy atom. The second-order valence-electron chi connectivity index (χ2n) is 6.56. The molecule has 2 aliphatic heterocycles. The summed E-state index contributed by atoms with van der Waals surface area (Å²) in [6.07, 6.45) is 2.68. The third kappa shape index (κ3) is 4.68. The van der Waals surface area contributed by atoms with Crippen LogP contribution in [0.2, 0.25) is 0 Å². The molecular formula is C17H19N4NaO7S. The molecule has 2 heterocycles. The summed E-state index contributed by atoms with van der Waals surface area (Å²) < 4.78 is 39.0. The molecule has 1 aromatic rings. The molecule has 0 aromatic heterocycles. The van der Waals surface area contributed by atoms with Crippen LogP contribution in [0.3, 0.4) is 0 Å². The van der Waals surface area contributed by atoms with Gasteiger partial charge in [0.2, 0.25) is 5.91 Å². The second-order valence-corrected chi connectivity index (χ2v) is 8.10. The Kier molecular flexibility index (Phi) is 6.99. The number of primary amides is 2. The molecule has 1 aromatic carbocycles. The summed E-state index contributed by atoms with van der Waals surface area (Å²) in [6.45, 7) is 1.58. The molecule has 0 spiro atoms. The van der Waals surface area contributed by atoms with E-state index in [4.69, 9.17) is 16.2 Å². The Morgan fingerprint density at radius 1 is 1.33 bits per heavy atom. The van der Waals surface area contributed by atoms with Gasteiger partial charge < -0.3 is 26.4 Å². The molecule has 2 unspecified atom stereocenters. The first-order valence-electron chi connectivity index (χ1n) is 8.33. The van der Waals surface area contributed by atoms with E-state index in [1.165, 1.54) is 24.4 Å². The Bertz CT molecular complexity index is 1080. The van der Waals surface area contributed by atoms with E-state index in [1.54, 1.807) is 6.92 Å². The summed E-state index contributed by atoms with van der Waals surface area (Å²) in [6, 6.07) is 1.91. The maximum absolute atomic E-state index is 13.1. The van der Waals surface area contributed by atoms with E-state index in [9.17, 15) is 27.4 Å². The number of carbonyl (C=O) groups excluding carboxylic acids is 3. The van der Waals surface area contributed by atoms with E-state index >= 15 is 0 Å². The third-order valence-electron chi connectivity index (χ3n) is 4.55. The number of nitrogens with two attached hydrogens (primary N) is 2. The molecule has 2 atom stereocenters. The number of fused-ring (bicyclic) bond motifs is 2. The number of carbonyl (C=O) groups is 3. The third-order valence-corrected chi connectivity index (χ3v) is 5.62. The van der Waals surface area contributed by atoms with Gasteiger partial charge in [-0.1, -0.05) is 12.1 Å². The Morgan fingerprint density at radius 2 is 2.00 bits per heavy atom. The van der Waals surface area contributed by atoms with Crippen molar-refractivity contribution in [3.63, 3.8) is 0 Å². The number of nitrogens with one attached hydrogen (secondary N) is 1. The van der Waals surface area contributed by atoms with Gasteiger partial charge in [-0.15, -0.1) is 0 Å². The van der Waals surface area contributed by atoms with Gasteiger partial charge in [0.25, 0.3) is 16.0 Å². The Balaban J connectivity index is 0.00000320. The summed E-state index contributed by atoms with van der Waals surface area (Å²) in [4.78, 5) is 36.5. The number of ether oxygens (including phenoxy) is 1. The van der Waals surface area contributed by atoms with Crippen LogP contribution in [0.4, 0.5) is 10.5 Å². The van der Waals surface area contributed by atoms with Crippen LogP contribution in [-0.4, -0.2) is 76.8 Å². The quantitative estimate of drug-likeness (QED) is 0.273. The summed E-state index contributed by atoms with van der Waals surface area (Å²) in [7, 11) is -4.71. The minimum atomic E-state index is -4.71. The summed E-state index contributed by atoms with van der Waals surface area (Å²) in [5.74, 6) is -1.42. The van der Waals surface area contributed by atoms with Crippen molar-refractivity contribution in [3.8, 4) is 5.75 Å². The van der Waals surface area contributed by atoms with Crippen LogP contribution in [0, 0.1) is 6.92 Å². The van der Waals surface area contributed by atoms with Gasteiger partial charge in [0.15, 0.2) is 11.1 Å². The van der Waals surface area contributed by atoms with Crippen molar-refractivity contribution in [1.82, 2.24) is 4.90 Å². The summed E-state index contributed by atoms with van der Waals surface area (Å²) >= 11 is 0.